The fraction of sp³-hybridized carbons (Fsp3) is 0.188. The summed E-state index contributed by atoms with van der Waals surface area (Å²) < 4.78 is 1.55. The van der Waals surface area contributed by atoms with Crippen molar-refractivity contribution in [1.82, 2.24) is 15.1 Å². The van der Waals surface area contributed by atoms with Gasteiger partial charge in [-0.1, -0.05) is 40.9 Å². The third-order valence-electron chi connectivity index (χ3n) is 3.32. The number of aromatic nitrogens is 2. The first kappa shape index (κ1) is 19.3. The van der Waals surface area contributed by atoms with E-state index in [-0.39, 0.29) is 6.54 Å². The van der Waals surface area contributed by atoms with Crippen LogP contribution >= 0.6 is 34.8 Å². The highest BCUT2D eigenvalue weighted by Crippen LogP contribution is 2.28. The number of amides is 2. The highest BCUT2D eigenvalue weighted by atomic mass is 35.5. The predicted octanol–water partition coefficient (Wildman–Crippen LogP) is 2.81. The van der Waals surface area contributed by atoms with Crippen LogP contribution in [0, 0.1) is 6.92 Å². The van der Waals surface area contributed by atoms with Gasteiger partial charge >= 0.3 is 0 Å². The van der Waals surface area contributed by atoms with Crippen LogP contribution in [0.15, 0.2) is 24.3 Å². The van der Waals surface area contributed by atoms with E-state index in [4.69, 9.17) is 40.5 Å². The lowest BCUT2D eigenvalue weighted by Gasteiger charge is -2.08. The number of primary amides is 1. The van der Waals surface area contributed by atoms with Gasteiger partial charge in [0.15, 0.2) is 0 Å². The van der Waals surface area contributed by atoms with Crippen molar-refractivity contribution >= 4 is 52.7 Å². The highest BCUT2D eigenvalue weighted by molar-refractivity contribution is 6.36. The van der Waals surface area contributed by atoms with Crippen LogP contribution in [0.25, 0.3) is 6.08 Å². The monoisotopic (exact) mass is 400 g/mol. The maximum atomic E-state index is 11.6. The number of carbonyl (C=O) groups is 2. The summed E-state index contributed by atoms with van der Waals surface area (Å²) in [6.45, 7) is 1.82. The Morgan fingerprint density at radius 3 is 2.52 bits per heavy atom. The zero-order valence-corrected chi connectivity index (χ0v) is 15.5. The molecule has 0 atom stereocenters. The van der Waals surface area contributed by atoms with Gasteiger partial charge in [0.2, 0.25) is 11.8 Å². The maximum Gasteiger partial charge on any atom is 0.244 e. The minimum absolute atomic E-state index is 0.236. The predicted molar refractivity (Wildman–Crippen MR) is 98.8 cm³/mol. The Hall–Kier alpha value is -2.02. The minimum Gasteiger partial charge on any atom is -0.368 e. The van der Waals surface area contributed by atoms with Gasteiger partial charge in [-0.15, -0.1) is 0 Å². The molecule has 132 valence electrons. The van der Waals surface area contributed by atoms with Crippen molar-refractivity contribution in [1.29, 1.82) is 0 Å². The number of carbonyl (C=O) groups excluding carboxylic acids is 2. The van der Waals surface area contributed by atoms with Crippen molar-refractivity contribution < 1.29 is 9.59 Å². The van der Waals surface area contributed by atoms with Crippen molar-refractivity contribution in [2.75, 3.05) is 6.54 Å². The van der Waals surface area contributed by atoms with Gasteiger partial charge in [-0.05, 0) is 25.1 Å². The second-order valence-corrected chi connectivity index (χ2v) is 6.34. The Balaban J connectivity index is 2.20. The summed E-state index contributed by atoms with van der Waals surface area (Å²) in [5.74, 6) is -1.09. The molecule has 0 bridgehead atoms. The smallest absolute Gasteiger partial charge is 0.244 e. The number of benzene rings is 1. The SMILES string of the molecule is Cc1nn(Cc2c(Cl)cccc2Cl)c(Cl)c1C=CC(=O)NCC(N)=O. The summed E-state index contributed by atoms with van der Waals surface area (Å²) in [5, 5.41) is 8.06. The van der Waals surface area contributed by atoms with Gasteiger partial charge < -0.3 is 11.1 Å². The van der Waals surface area contributed by atoms with Crippen molar-refractivity contribution in [3.05, 3.63) is 56.3 Å². The van der Waals surface area contributed by atoms with Gasteiger partial charge in [0.05, 0.1) is 18.8 Å². The number of aryl methyl sites for hydroxylation is 1. The molecule has 2 amide bonds. The number of rotatable bonds is 6. The highest BCUT2D eigenvalue weighted by Gasteiger charge is 2.14. The second-order valence-electron chi connectivity index (χ2n) is 5.17. The molecular formula is C16H15Cl3N4O2. The lowest BCUT2D eigenvalue weighted by Crippen LogP contribution is -2.32. The van der Waals surface area contributed by atoms with Crippen LogP contribution in [0.3, 0.4) is 0 Å². The van der Waals surface area contributed by atoms with Gasteiger partial charge in [0, 0.05) is 27.2 Å². The Bertz CT molecular complexity index is 826. The van der Waals surface area contributed by atoms with E-state index in [1.807, 2.05) is 0 Å². The second kappa shape index (κ2) is 8.38. The van der Waals surface area contributed by atoms with E-state index >= 15 is 0 Å². The van der Waals surface area contributed by atoms with Gasteiger partial charge in [-0.2, -0.15) is 5.10 Å². The summed E-state index contributed by atoms with van der Waals surface area (Å²) in [5.41, 5.74) is 6.88. The summed E-state index contributed by atoms with van der Waals surface area (Å²) in [4.78, 5) is 22.3. The average Bonchev–Trinajstić information content (AvgIpc) is 2.81. The maximum absolute atomic E-state index is 11.6. The molecule has 0 saturated heterocycles. The summed E-state index contributed by atoms with van der Waals surface area (Å²) in [7, 11) is 0. The molecule has 0 spiro atoms. The molecule has 0 aliphatic carbocycles. The van der Waals surface area contributed by atoms with Crippen LogP contribution < -0.4 is 11.1 Å². The van der Waals surface area contributed by atoms with Crippen LogP contribution in [0.1, 0.15) is 16.8 Å². The average molecular weight is 402 g/mol. The Labute approximate surface area is 159 Å². The third kappa shape index (κ3) is 4.98. The zero-order valence-electron chi connectivity index (χ0n) is 13.2. The molecule has 0 fully saturated rings. The Kier molecular flexibility index (Phi) is 6.47. The van der Waals surface area contributed by atoms with Crippen LogP contribution in [0.4, 0.5) is 0 Å². The van der Waals surface area contributed by atoms with Crippen molar-refractivity contribution in [3.8, 4) is 0 Å². The standard InChI is InChI=1S/C16H15Cl3N4O2/c1-9-10(5-6-15(25)21-7-14(20)24)16(19)23(22-9)8-11-12(17)3-2-4-13(11)18/h2-6H,7-8H2,1H3,(H2,20,24)(H,21,25). The first-order valence-electron chi connectivity index (χ1n) is 7.19. The molecule has 0 saturated carbocycles. The van der Waals surface area contributed by atoms with Gasteiger partial charge in [-0.25, -0.2) is 4.68 Å². The number of nitrogens with two attached hydrogens (primary N) is 1. The van der Waals surface area contributed by atoms with Crippen LogP contribution in [0.2, 0.25) is 15.2 Å². The van der Waals surface area contributed by atoms with E-state index in [1.165, 1.54) is 12.2 Å². The summed E-state index contributed by atoms with van der Waals surface area (Å²) in [6.07, 6.45) is 2.78. The molecule has 2 aromatic rings. The van der Waals surface area contributed by atoms with E-state index in [1.54, 1.807) is 29.8 Å². The molecule has 6 nitrogen and oxygen atoms in total. The van der Waals surface area contributed by atoms with E-state index in [9.17, 15) is 9.59 Å². The number of hydrogen-bond acceptors (Lipinski definition) is 3. The van der Waals surface area contributed by atoms with Crippen molar-refractivity contribution in [2.45, 2.75) is 13.5 Å². The number of nitrogens with zero attached hydrogens (tertiary/aromatic N) is 2. The molecule has 3 N–H and O–H groups in total. The molecule has 25 heavy (non-hydrogen) atoms. The normalized spacial score (nSPS) is 11.0. The van der Waals surface area contributed by atoms with Crippen molar-refractivity contribution in [2.24, 2.45) is 5.73 Å². The lowest BCUT2D eigenvalue weighted by atomic mass is 10.2. The first-order valence-corrected chi connectivity index (χ1v) is 8.33. The van der Waals surface area contributed by atoms with Gasteiger partial charge in [0.1, 0.15) is 5.15 Å². The fourth-order valence-corrected chi connectivity index (χ4v) is 2.90. The van der Waals surface area contributed by atoms with Gasteiger partial charge in [0.25, 0.3) is 0 Å². The molecule has 1 aromatic heterocycles. The van der Waals surface area contributed by atoms with E-state index in [0.29, 0.717) is 38.6 Å². The quantitative estimate of drug-likeness (QED) is 0.729. The summed E-state index contributed by atoms with van der Waals surface area (Å²) >= 11 is 18.7. The van der Waals surface area contributed by atoms with E-state index < -0.39 is 11.8 Å². The van der Waals surface area contributed by atoms with Crippen LogP contribution in [0.5, 0.6) is 0 Å². The van der Waals surface area contributed by atoms with E-state index in [0.717, 1.165) is 0 Å². The van der Waals surface area contributed by atoms with E-state index in [2.05, 4.69) is 10.4 Å². The third-order valence-corrected chi connectivity index (χ3v) is 4.42. The molecule has 2 rings (SSSR count). The van der Waals surface area contributed by atoms with Gasteiger partial charge in [-0.3, -0.25) is 9.59 Å². The lowest BCUT2D eigenvalue weighted by molar-refractivity contribution is -0.122. The molecule has 1 heterocycles. The Morgan fingerprint density at radius 2 is 1.92 bits per heavy atom. The Morgan fingerprint density at radius 1 is 1.28 bits per heavy atom. The molecular weight excluding hydrogens is 387 g/mol. The fourth-order valence-electron chi connectivity index (χ4n) is 2.09. The largest absolute Gasteiger partial charge is 0.368 e. The van der Waals surface area contributed by atoms with Crippen LogP contribution in [-0.4, -0.2) is 28.1 Å². The molecule has 0 aliphatic rings. The molecule has 0 aliphatic heterocycles. The molecule has 0 radical (unpaired) electrons. The van der Waals surface area contributed by atoms with Crippen LogP contribution in [-0.2, 0) is 16.1 Å². The zero-order chi connectivity index (χ0) is 18.6. The molecule has 9 heteroatoms. The number of nitrogens with one attached hydrogen (secondary N) is 1. The number of halogens is 3. The summed E-state index contributed by atoms with van der Waals surface area (Å²) in [6, 6.07) is 5.22. The first-order chi connectivity index (χ1) is 11.8. The number of hydrogen-bond donors (Lipinski definition) is 2. The molecule has 1 aromatic carbocycles. The minimum atomic E-state index is -0.625. The molecule has 0 unspecified atom stereocenters. The topological polar surface area (TPSA) is 90.0 Å². The van der Waals surface area contributed by atoms with Crippen molar-refractivity contribution in [3.63, 3.8) is 0 Å².